The average Bonchev–Trinajstić information content (AvgIpc) is 3.56. The third-order valence-corrected chi connectivity index (χ3v) is 9.92. The van der Waals surface area contributed by atoms with Crippen LogP contribution in [0.3, 0.4) is 0 Å². The molecule has 57 heavy (non-hydrogen) atoms. The molecule has 4 aromatic rings. The molecule has 4 aromatic carbocycles. The van der Waals surface area contributed by atoms with Gasteiger partial charge in [0.1, 0.15) is 11.5 Å². The molecule has 0 aromatic heterocycles. The molecule has 0 saturated carbocycles. The highest BCUT2D eigenvalue weighted by Crippen LogP contribution is 2.61. The van der Waals surface area contributed by atoms with Gasteiger partial charge in [-0.25, -0.2) is 0 Å². The van der Waals surface area contributed by atoms with Gasteiger partial charge in [-0.05, 0) is 114 Å². The number of nitrogens with two attached hydrogens (primary N) is 1. The molecular weight excluding hydrogens is 691 g/mol. The Labute approximate surface area is 345 Å². The second kappa shape index (κ2) is 23.4. The van der Waals surface area contributed by atoms with E-state index in [1.165, 1.54) is 62.7 Å². The fraction of sp³-hybridized carbons (Fsp3) is 0.236. The van der Waals surface area contributed by atoms with Crippen molar-refractivity contribution < 1.29 is 4.74 Å². The summed E-state index contributed by atoms with van der Waals surface area (Å²) in [4.78, 5) is 0. The van der Waals surface area contributed by atoms with Gasteiger partial charge in [-0.2, -0.15) is 0 Å². The second-order valence-corrected chi connectivity index (χ2v) is 13.2. The van der Waals surface area contributed by atoms with E-state index in [2.05, 4.69) is 179 Å². The number of allylic oxidation sites excluding steroid dienone is 13. The highest BCUT2D eigenvalue weighted by Gasteiger charge is 2.51. The van der Waals surface area contributed by atoms with E-state index >= 15 is 0 Å². The van der Waals surface area contributed by atoms with E-state index in [9.17, 15) is 0 Å². The van der Waals surface area contributed by atoms with E-state index in [1.807, 2.05) is 46.8 Å². The van der Waals surface area contributed by atoms with Crippen molar-refractivity contribution in [1.82, 2.24) is 0 Å². The van der Waals surface area contributed by atoms with Crippen LogP contribution in [0.2, 0.25) is 0 Å². The number of fused-ring (bicyclic) bond motifs is 6. The number of ether oxygens (including phenoxy) is 1. The Hall–Kier alpha value is -5.70. The van der Waals surface area contributed by atoms with Crippen LogP contribution in [0.1, 0.15) is 88.6 Å². The second-order valence-electron chi connectivity index (χ2n) is 13.2. The van der Waals surface area contributed by atoms with Crippen molar-refractivity contribution in [3.8, 4) is 11.1 Å². The van der Waals surface area contributed by atoms with Crippen molar-refractivity contribution in [2.45, 2.75) is 79.6 Å². The first-order valence-corrected chi connectivity index (χ1v) is 20.6. The molecule has 3 aliphatic rings. The van der Waals surface area contributed by atoms with Crippen LogP contribution < -0.4 is 5.73 Å². The molecule has 0 fully saturated rings. The zero-order valence-electron chi connectivity index (χ0n) is 35.9. The van der Waals surface area contributed by atoms with Crippen LogP contribution in [0.15, 0.2) is 205 Å². The van der Waals surface area contributed by atoms with Gasteiger partial charge in [0.2, 0.25) is 0 Å². The minimum absolute atomic E-state index is 0.337. The lowest BCUT2D eigenvalue weighted by Gasteiger charge is -2.42. The SMILES string of the molecule is C=C(/C=C(\Cc1cccc(C)c1)c1ccccc1)C(/C=C\C)=C/CC.C=CC1=C(C=C)C2(C3=C(C=CCC3)O1)c1ccccc1-c1ccccc12.CC.CC.CN. The van der Waals surface area contributed by atoms with Crippen molar-refractivity contribution >= 4 is 5.57 Å². The third-order valence-electron chi connectivity index (χ3n) is 9.92. The van der Waals surface area contributed by atoms with E-state index in [4.69, 9.17) is 4.74 Å². The molecule has 0 amide bonds. The van der Waals surface area contributed by atoms with E-state index in [0.29, 0.717) is 0 Å². The Bertz CT molecular complexity index is 2100. The molecule has 1 heterocycles. The lowest BCUT2D eigenvalue weighted by molar-refractivity contribution is 0.297. The van der Waals surface area contributed by atoms with Crippen molar-refractivity contribution in [1.29, 1.82) is 0 Å². The van der Waals surface area contributed by atoms with Crippen LogP contribution in [-0.4, -0.2) is 7.05 Å². The summed E-state index contributed by atoms with van der Waals surface area (Å²) in [7, 11) is 1.50. The molecule has 0 radical (unpaired) electrons. The molecule has 0 unspecified atom stereocenters. The van der Waals surface area contributed by atoms with Gasteiger partial charge >= 0.3 is 0 Å². The molecule has 1 aliphatic heterocycles. The standard InChI is InChI=1S/C25H20O.C25H28.2C2H6.CH5N/c1-3-19-23(4-2)26-24-16-10-9-15-22(24)25(19)20-13-7-5-11-17(20)18-12-6-8-14-21(18)25;1-5-11-23(12-6-2)21(4)18-25(24-15-8-7-9-16-24)19-22-14-10-13-20(3)17-22;3*1-2/h3-8,10-14,16H,1-2,9,15H2;5,7-18H,4,6,19H2,1-3H3;2*1-2H3;2H2,1H3/b;11-5-,23-12+,25-18+;;;. The van der Waals surface area contributed by atoms with Crippen LogP contribution in [0.4, 0.5) is 0 Å². The van der Waals surface area contributed by atoms with E-state index in [-0.39, 0.29) is 5.41 Å². The Morgan fingerprint density at radius 1 is 0.807 bits per heavy atom. The quantitative estimate of drug-likeness (QED) is 0.173. The summed E-state index contributed by atoms with van der Waals surface area (Å²) in [6, 6.07) is 36.8. The highest BCUT2D eigenvalue weighted by molar-refractivity contribution is 5.87. The lowest BCUT2D eigenvalue weighted by atomic mass is 9.63. The smallest absolute Gasteiger partial charge is 0.131 e. The van der Waals surface area contributed by atoms with Crippen LogP contribution in [0.5, 0.6) is 0 Å². The lowest BCUT2D eigenvalue weighted by Crippen LogP contribution is -2.35. The molecule has 0 atom stereocenters. The Balaban J connectivity index is 0.000000271. The van der Waals surface area contributed by atoms with Crippen LogP contribution >= 0.6 is 0 Å². The van der Waals surface area contributed by atoms with Gasteiger partial charge in [0.25, 0.3) is 0 Å². The zero-order valence-corrected chi connectivity index (χ0v) is 35.9. The van der Waals surface area contributed by atoms with Gasteiger partial charge in [-0.1, -0.05) is 200 Å². The molecule has 0 bridgehead atoms. The normalized spacial score (nSPS) is 14.5. The highest BCUT2D eigenvalue weighted by atomic mass is 16.5. The Morgan fingerprint density at radius 2 is 1.42 bits per heavy atom. The summed E-state index contributed by atoms with van der Waals surface area (Å²) >= 11 is 0. The maximum Gasteiger partial charge on any atom is 0.131 e. The van der Waals surface area contributed by atoms with Crippen molar-refractivity contribution in [3.63, 3.8) is 0 Å². The van der Waals surface area contributed by atoms with Crippen molar-refractivity contribution in [3.05, 3.63) is 233 Å². The fourth-order valence-electron chi connectivity index (χ4n) is 7.82. The average molecular weight is 756 g/mol. The van der Waals surface area contributed by atoms with Gasteiger partial charge in [-0.15, -0.1) is 0 Å². The molecule has 0 saturated heterocycles. The Kier molecular flexibility index (Phi) is 18.7. The molecule has 296 valence electrons. The molecular formula is C55H65NO. The molecule has 2 heteroatoms. The number of benzene rings is 4. The van der Waals surface area contributed by atoms with Gasteiger partial charge in [0.15, 0.2) is 0 Å². The molecule has 2 aliphatic carbocycles. The van der Waals surface area contributed by atoms with Gasteiger partial charge in [-0.3, -0.25) is 0 Å². The van der Waals surface area contributed by atoms with Crippen LogP contribution in [0.25, 0.3) is 16.7 Å². The van der Waals surface area contributed by atoms with Gasteiger partial charge in [0, 0.05) is 5.57 Å². The number of hydrogen-bond acceptors (Lipinski definition) is 2. The maximum absolute atomic E-state index is 6.24. The predicted molar refractivity (Wildman–Crippen MR) is 251 cm³/mol. The minimum atomic E-state index is -0.337. The van der Waals surface area contributed by atoms with E-state index < -0.39 is 0 Å². The van der Waals surface area contributed by atoms with Gasteiger partial charge < -0.3 is 10.5 Å². The molecule has 1 spiro atoms. The predicted octanol–water partition coefficient (Wildman–Crippen LogP) is 14.9. The number of hydrogen-bond donors (Lipinski definition) is 1. The van der Waals surface area contributed by atoms with Crippen molar-refractivity contribution in [2.75, 3.05) is 7.05 Å². The summed E-state index contributed by atoms with van der Waals surface area (Å²) < 4.78 is 6.24. The first kappa shape index (κ1) is 45.7. The summed E-state index contributed by atoms with van der Waals surface area (Å²) in [5, 5.41) is 0. The summed E-state index contributed by atoms with van der Waals surface area (Å²) in [6.07, 6.45) is 20.7. The van der Waals surface area contributed by atoms with Crippen molar-refractivity contribution in [2.24, 2.45) is 5.73 Å². The molecule has 7 rings (SSSR count). The monoisotopic (exact) mass is 756 g/mol. The summed E-state index contributed by atoms with van der Waals surface area (Å²) in [5.41, 5.74) is 19.3. The fourth-order valence-corrected chi connectivity index (χ4v) is 7.82. The number of aryl methyl sites for hydroxylation is 1. The summed E-state index contributed by atoms with van der Waals surface area (Å²) in [6.45, 7) is 26.8. The third kappa shape index (κ3) is 10.2. The minimum Gasteiger partial charge on any atom is -0.457 e. The first-order valence-electron chi connectivity index (χ1n) is 20.6. The molecule has 2 N–H and O–H groups in total. The van der Waals surface area contributed by atoms with Crippen LogP contribution in [-0.2, 0) is 16.6 Å². The number of rotatable bonds is 9. The molecule has 2 nitrogen and oxygen atoms in total. The van der Waals surface area contributed by atoms with Crippen LogP contribution in [0, 0.1) is 6.92 Å². The summed E-state index contributed by atoms with van der Waals surface area (Å²) in [5.74, 6) is 1.76. The Morgan fingerprint density at radius 3 is 1.98 bits per heavy atom. The zero-order chi connectivity index (χ0) is 41.8. The van der Waals surface area contributed by atoms with E-state index in [1.54, 1.807) is 0 Å². The maximum atomic E-state index is 6.24. The largest absolute Gasteiger partial charge is 0.457 e. The topological polar surface area (TPSA) is 35.2 Å². The van der Waals surface area contributed by atoms with Gasteiger partial charge in [0.05, 0.1) is 5.41 Å². The first-order chi connectivity index (χ1) is 28.0. The van der Waals surface area contributed by atoms with E-state index in [0.717, 1.165) is 48.3 Å².